The molecule has 1 unspecified atom stereocenters. The second-order valence-electron chi connectivity index (χ2n) is 8.04. The molecule has 1 atom stereocenters. The number of allylic oxidation sites excluding steroid dienone is 1. The van der Waals surface area contributed by atoms with Gasteiger partial charge in [0.1, 0.15) is 5.75 Å². The molecule has 4 rings (SSSR count). The molecule has 1 fully saturated rings. The van der Waals surface area contributed by atoms with E-state index in [0.717, 1.165) is 56.6 Å². The highest BCUT2D eigenvalue weighted by molar-refractivity contribution is 8.08. The largest absolute Gasteiger partial charge is 0.497 e. The fourth-order valence-electron chi connectivity index (χ4n) is 4.08. The van der Waals surface area contributed by atoms with E-state index in [-0.39, 0.29) is 17.9 Å². The molecule has 8 heteroatoms. The van der Waals surface area contributed by atoms with Gasteiger partial charge in [-0.15, -0.1) is 0 Å². The Balaban J connectivity index is 1.75. The Morgan fingerprint density at radius 2 is 1.97 bits per heavy atom. The Bertz CT molecular complexity index is 1140. The molecule has 2 amide bonds. The molecule has 0 aromatic heterocycles. The van der Waals surface area contributed by atoms with Crippen LogP contribution in [0.15, 0.2) is 64.7 Å². The van der Waals surface area contributed by atoms with Gasteiger partial charge in [-0.2, -0.15) is 0 Å². The average Bonchev–Trinajstić information content (AvgIpc) is 3.07. The van der Waals surface area contributed by atoms with Gasteiger partial charge in [-0.1, -0.05) is 25.1 Å². The van der Waals surface area contributed by atoms with Crippen molar-refractivity contribution in [1.82, 2.24) is 10.4 Å². The lowest BCUT2D eigenvalue weighted by molar-refractivity contribution is -0.118. The molecule has 2 aliphatic heterocycles. The number of rotatable bonds is 6. The zero-order chi connectivity index (χ0) is 23.5. The Hall–Kier alpha value is -3.23. The summed E-state index contributed by atoms with van der Waals surface area (Å²) in [6.45, 7) is 3.61. The predicted octanol–water partition coefficient (Wildman–Crippen LogP) is 4.61. The smallest absolute Gasteiger partial charge is 0.265 e. The third kappa shape index (κ3) is 4.91. The number of hydrogen-bond donors (Lipinski definition) is 3. The van der Waals surface area contributed by atoms with Crippen LogP contribution in [0.5, 0.6) is 5.75 Å². The van der Waals surface area contributed by atoms with Gasteiger partial charge < -0.3 is 15.4 Å². The summed E-state index contributed by atoms with van der Waals surface area (Å²) in [5.41, 5.74) is 7.18. The van der Waals surface area contributed by atoms with Crippen molar-refractivity contribution >= 4 is 39.9 Å². The molecule has 0 bridgehead atoms. The maximum absolute atomic E-state index is 12.8. The van der Waals surface area contributed by atoms with Crippen molar-refractivity contribution < 1.29 is 14.3 Å². The number of nitrogens with zero attached hydrogens (tertiary/aromatic N) is 1. The molecular formula is C25H28N4O3S. The van der Waals surface area contributed by atoms with Crippen molar-refractivity contribution in [3.8, 4) is 5.75 Å². The van der Waals surface area contributed by atoms with Gasteiger partial charge in [0, 0.05) is 40.7 Å². The molecule has 0 radical (unpaired) electrons. The van der Waals surface area contributed by atoms with E-state index in [9.17, 15) is 9.59 Å². The normalized spacial score (nSPS) is 19.9. The number of carbonyl (C=O) groups excluding carboxylic acids is 2. The van der Waals surface area contributed by atoms with Crippen LogP contribution in [0.3, 0.4) is 0 Å². The maximum Gasteiger partial charge on any atom is 0.265 e. The summed E-state index contributed by atoms with van der Waals surface area (Å²) in [7, 11) is 3.56. The van der Waals surface area contributed by atoms with Crippen LogP contribution in [0.1, 0.15) is 32.3 Å². The molecule has 2 aromatic rings. The third-order valence-electron chi connectivity index (χ3n) is 5.61. The number of hydrogen-bond acceptors (Lipinski definition) is 6. The van der Waals surface area contributed by atoms with Crippen molar-refractivity contribution in [3.63, 3.8) is 0 Å². The van der Waals surface area contributed by atoms with Crippen molar-refractivity contribution in [2.24, 2.45) is 0 Å². The third-order valence-corrected chi connectivity index (χ3v) is 6.68. The molecule has 0 saturated carbocycles. The molecule has 0 spiro atoms. The lowest BCUT2D eigenvalue weighted by atomic mass is 9.98. The SMILES string of the molecule is CCCC1/C(=C2\C=C(Sc3ccc(NC(C)=O)cc3)c3cc(OC)ccc3N2)C(=O)NN1C. The first-order chi connectivity index (χ1) is 15.9. The van der Waals surface area contributed by atoms with Crippen LogP contribution in [-0.2, 0) is 9.59 Å². The monoisotopic (exact) mass is 464 g/mol. The fraction of sp³-hybridized carbons (Fsp3) is 0.280. The van der Waals surface area contributed by atoms with Crippen LogP contribution >= 0.6 is 11.8 Å². The van der Waals surface area contributed by atoms with Crippen molar-refractivity contribution in [1.29, 1.82) is 0 Å². The van der Waals surface area contributed by atoms with Crippen LogP contribution in [0.25, 0.3) is 4.91 Å². The maximum atomic E-state index is 12.8. The van der Waals surface area contributed by atoms with Crippen LogP contribution in [0.2, 0.25) is 0 Å². The highest BCUT2D eigenvalue weighted by atomic mass is 32.2. The van der Waals surface area contributed by atoms with Crippen molar-refractivity contribution in [3.05, 3.63) is 65.4 Å². The van der Waals surface area contributed by atoms with E-state index >= 15 is 0 Å². The minimum Gasteiger partial charge on any atom is -0.497 e. The molecule has 3 N–H and O–H groups in total. The van der Waals surface area contributed by atoms with Gasteiger partial charge in [0.25, 0.3) is 5.91 Å². The first kappa shape index (κ1) is 22.9. The van der Waals surface area contributed by atoms with Gasteiger partial charge in [-0.3, -0.25) is 15.0 Å². The van der Waals surface area contributed by atoms with Gasteiger partial charge in [0.15, 0.2) is 0 Å². The predicted molar refractivity (Wildman–Crippen MR) is 133 cm³/mol. The van der Waals surface area contributed by atoms with Crippen LogP contribution in [0, 0.1) is 0 Å². The van der Waals surface area contributed by atoms with E-state index in [0.29, 0.717) is 0 Å². The number of methoxy groups -OCH3 is 1. The molecule has 2 heterocycles. The molecule has 0 aliphatic carbocycles. The van der Waals surface area contributed by atoms with E-state index in [1.54, 1.807) is 18.9 Å². The van der Waals surface area contributed by atoms with E-state index in [1.807, 2.05) is 60.6 Å². The number of hydrazine groups is 1. The molecule has 7 nitrogen and oxygen atoms in total. The highest BCUT2D eigenvalue weighted by Gasteiger charge is 2.36. The first-order valence-electron chi connectivity index (χ1n) is 10.9. The highest BCUT2D eigenvalue weighted by Crippen LogP contribution is 2.44. The number of benzene rings is 2. The van der Waals surface area contributed by atoms with E-state index < -0.39 is 0 Å². The quantitative estimate of drug-likeness (QED) is 0.542. The number of amides is 2. The Kier molecular flexibility index (Phi) is 6.76. The minimum atomic E-state index is -0.102. The van der Waals surface area contributed by atoms with Crippen LogP contribution in [0.4, 0.5) is 11.4 Å². The summed E-state index contributed by atoms with van der Waals surface area (Å²) in [5, 5.41) is 8.16. The number of nitrogens with one attached hydrogen (secondary N) is 3. The molecule has 172 valence electrons. The molecule has 2 aromatic carbocycles. The van der Waals surface area contributed by atoms with E-state index in [1.165, 1.54) is 6.92 Å². The summed E-state index contributed by atoms with van der Waals surface area (Å²) in [6.07, 6.45) is 3.90. The van der Waals surface area contributed by atoms with Crippen molar-refractivity contribution in [2.45, 2.75) is 37.6 Å². The Morgan fingerprint density at radius 3 is 2.64 bits per heavy atom. The van der Waals surface area contributed by atoms with Gasteiger partial charge in [-0.25, -0.2) is 5.01 Å². The number of ether oxygens (including phenoxy) is 1. The number of likely N-dealkylation sites (N-methyl/N-ethyl adjacent to an activating group) is 1. The summed E-state index contributed by atoms with van der Waals surface area (Å²) in [5.74, 6) is 0.590. The second kappa shape index (κ2) is 9.72. The molecule has 1 saturated heterocycles. The molecular weight excluding hydrogens is 436 g/mol. The number of thioether (sulfide) groups is 1. The standard InChI is InChI=1S/C25H28N4O3S/c1-5-6-22-24(25(31)28-29(22)3)21-14-23(19-13-17(32-4)9-12-20(19)27-21)33-18-10-7-16(8-11-18)26-15(2)30/h7-14,22,27H,5-6H2,1-4H3,(H,26,30)(H,28,31)/b24-21-. The summed E-state index contributed by atoms with van der Waals surface area (Å²) in [4.78, 5) is 26.2. The number of carbonyl (C=O) groups is 2. The number of fused-ring (bicyclic) bond motifs is 1. The fourth-order valence-corrected chi connectivity index (χ4v) is 5.06. The first-order valence-corrected chi connectivity index (χ1v) is 11.7. The molecule has 33 heavy (non-hydrogen) atoms. The zero-order valence-corrected chi connectivity index (χ0v) is 20.0. The van der Waals surface area contributed by atoms with Gasteiger partial charge in [0.2, 0.25) is 5.91 Å². The Labute approximate surface area is 198 Å². The van der Waals surface area contributed by atoms with Crippen LogP contribution < -0.4 is 20.8 Å². The average molecular weight is 465 g/mol. The minimum absolute atomic E-state index is 0.00392. The van der Waals surface area contributed by atoms with Crippen LogP contribution in [-0.4, -0.2) is 37.0 Å². The lowest BCUT2D eigenvalue weighted by Crippen LogP contribution is -2.34. The Morgan fingerprint density at radius 1 is 1.21 bits per heavy atom. The van der Waals surface area contributed by atoms with Gasteiger partial charge in [0.05, 0.1) is 24.4 Å². The van der Waals surface area contributed by atoms with E-state index in [4.69, 9.17) is 4.74 Å². The number of anilines is 2. The topological polar surface area (TPSA) is 82.7 Å². The van der Waals surface area contributed by atoms with Gasteiger partial charge in [-0.05, 0) is 55.0 Å². The summed E-state index contributed by atoms with van der Waals surface area (Å²) in [6, 6.07) is 13.6. The molecule has 2 aliphatic rings. The van der Waals surface area contributed by atoms with Crippen molar-refractivity contribution in [2.75, 3.05) is 24.8 Å². The summed E-state index contributed by atoms with van der Waals surface area (Å²) < 4.78 is 5.45. The second-order valence-corrected chi connectivity index (χ2v) is 9.15. The lowest BCUT2D eigenvalue weighted by Gasteiger charge is -2.25. The zero-order valence-electron chi connectivity index (χ0n) is 19.2. The van der Waals surface area contributed by atoms with E-state index in [2.05, 4.69) is 23.0 Å². The van der Waals surface area contributed by atoms with Gasteiger partial charge >= 0.3 is 0 Å². The summed E-state index contributed by atoms with van der Waals surface area (Å²) >= 11 is 1.61.